The molecule has 1 aromatic carbocycles. The summed E-state index contributed by atoms with van der Waals surface area (Å²) in [5.74, 6) is -0.230. The molecule has 3 heterocycles. The van der Waals surface area contributed by atoms with Crippen molar-refractivity contribution in [1.29, 1.82) is 0 Å². The zero-order valence-corrected chi connectivity index (χ0v) is 17.9. The quantitative estimate of drug-likeness (QED) is 0.407. The minimum absolute atomic E-state index is 0.0247. The molecule has 0 unspecified atom stereocenters. The Kier molecular flexibility index (Phi) is 5.33. The summed E-state index contributed by atoms with van der Waals surface area (Å²) in [6.07, 6.45) is 7.49. The van der Waals surface area contributed by atoms with E-state index in [9.17, 15) is 9.90 Å². The molecule has 1 amide bonds. The third kappa shape index (κ3) is 4.07. The highest BCUT2D eigenvalue weighted by molar-refractivity contribution is 6.15. The van der Waals surface area contributed by atoms with Crippen LogP contribution in [0.1, 0.15) is 49.2 Å². The highest BCUT2D eigenvalue weighted by Gasteiger charge is 2.18. The summed E-state index contributed by atoms with van der Waals surface area (Å²) < 4.78 is 3.45. The predicted molar refractivity (Wildman–Crippen MR) is 120 cm³/mol. The number of nitrogens with one attached hydrogen (secondary N) is 2. The number of aryl methyl sites for hydroxylation is 1. The molecule has 0 fully saturated rings. The maximum Gasteiger partial charge on any atom is 0.255 e. The monoisotopic (exact) mass is 419 g/mol. The molecule has 0 bridgehead atoms. The van der Waals surface area contributed by atoms with Gasteiger partial charge in [-0.25, -0.2) is 4.99 Å². The second-order valence-corrected chi connectivity index (χ2v) is 7.65. The van der Waals surface area contributed by atoms with Gasteiger partial charge in [0.2, 0.25) is 0 Å². The number of aromatic nitrogens is 5. The molecule has 9 nitrogen and oxygen atoms in total. The maximum absolute atomic E-state index is 12.7. The Labute approximate surface area is 179 Å². The molecule has 160 valence electrons. The molecule has 3 aromatic heterocycles. The van der Waals surface area contributed by atoms with Crippen LogP contribution >= 0.6 is 0 Å². The Balaban J connectivity index is 1.72. The van der Waals surface area contributed by atoms with E-state index >= 15 is 0 Å². The Hall–Kier alpha value is -3.88. The van der Waals surface area contributed by atoms with Crippen LogP contribution in [0.15, 0.2) is 48.0 Å². The Morgan fingerprint density at radius 3 is 2.71 bits per heavy atom. The molecule has 31 heavy (non-hydrogen) atoms. The van der Waals surface area contributed by atoms with Gasteiger partial charge in [-0.2, -0.15) is 10.2 Å². The number of rotatable bonds is 6. The van der Waals surface area contributed by atoms with E-state index in [1.807, 2.05) is 31.6 Å². The highest BCUT2D eigenvalue weighted by Crippen LogP contribution is 2.31. The van der Waals surface area contributed by atoms with Gasteiger partial charge >= 0.3 is 0 Å². The Bertz CT molecular complexity index is 1280. The van der Waals surface area contributed by atoms with Gasteiger partial charge in [0.05, 0.1) is 35.6 Å². The molecule has 0 spiro atoms. The number of hydrogen-bond donors (Lipinski definition) is 3. The number of fused-ring (bicyclic) bond motifs is 1. The smallest absolute Gasteiger partial charge is 0.255 e. The first kappa shape index (κ1) is 20.4. The van der Waals surface area contributed by atoms with Gasteiger partial charge < -0.3 is 15.4 Å². The molecule has 0 aliphatic rings. The molecule has 4 rings (SSSR count). The van der Waals surface area contributed by atoms with Crippen LogP contribution in [-0.4, -0.2) is 41.3 Å². The van der Waals surface area contributed by atoms with Gasteiger partial charge in [-0.1, -0.05) is 6.92 Å². The van der Waals surface area contributed by atoms with Crippen molar-refractivity contribution in [3.8, 4) is 5.88 Å². The van der Waals surface area contributed by atoms with Crippen molar-refractivity contribution in [3.05, 3.63) is 54.1 Å². The number of aromatic amines is 1. The van der Waals surface area contributed by atoms with Crippen LogP contribution in [0.2, 0.25) is 0 Å². The van der Waals surface area contributed by atoms with Crippen LogP contribution in [-0.2, 0) is 7.05 Å². The number of nitrogens with zero attached hydrogens (tertiary/aromatic N) is 5. The Morgan fingerprint density at radius 1 is 1.26 bits per heavy atom. The van der Waals surface area contributed by atoms with E-state index in [0.717, 1.165) is 10.9 Å². The lowest BCUT2D eigenvalue weighted by atomic mass is 10.0. The number of benzene rings is 1. The van der Waals surface area contributed by atoms with Crippen molar-refractivity contribution >= 4 is 33.9 Å². The van der Waals surface area contributed by atoms with E-state index in [4.69, 9.17) is 4.99 Å². The number of H-pyrrole nitrogens is 1. The van der Waals surface area contributed by atoms with E-state index in [1.165, 1.54) is 0 Å². The fourth-order valence-electron chi connectivity index (χ4n) is 3.44. The van der Waals surface area contributed by atoms with E-state index in [-0.39, 0.29) is 17.8 Å². The zero-order chi connectivity index (χ0) is 22.1. The van der Waals surface area contributed by atoms with Crippen LogP contribution in [0.3, 0.4) is 0 Å². The molecule has 0 saturated carbocycles. The van der Waals surface area contributed by atoms with Crippen LogP contribution in [0.5, 0.6) is 5.88 Å². The minimum atomic E-state index is -0.255. The molecular formula is C22H25N7O2. The van der Waals surface area contributed by atoms with Gasteiger partial charge in [0, 0.05) is 35.8 Å². The number of aromatic hydroxyl groups is 1. The van der Waals surface area contributed by atoms with Crippen molar-refractivity contribution in [2.45, 2.75) is 33.2 Å². The van der Waals surface area contributed by atoms with Crippen molar-refractivity contribution in [2.24, 2.45) is 12.0 Å². The largest absolute Gasteiger partial charge is 0.494 e. The van der Waals surface area contributed by atoms with E-state index < -0.39 is 0 Å². The summed E-state index contributed by atoms with van der Waals surface area (Å²) >= 11 is 0. The fraction of sp³-hybridized carbons (Fsp3) is 0.273. The first-order valence-corrected chi connectivity index (χ1v) is 10.1. The van der Waals surface area contributed by atoms with E-state index in [1.54, 1.807) is 48.5 Å². The summed E-state index contributed by atoms with van der Waals surface area (Å²) in [5.41, 5.74) is 3.82. The summed E-state index contributed by atoms with van der Waals surface area (Å²) in [7, 11) is 1.78. The predicted octanol–water partition coefficient (Wildman–Crippen LogP) is 4.17. The average molecular weight is 419 g/mol. The van der Waals surface area contributed by atoms with Gasteiger partial charge in [-0.05, 0) is 38.5 Å². The van der Waals surface area contributed by atoms with Crippen molar-refractivity contribution < 1.29 is 9.90 Å². The SMILES string of the molecule is CCC(=Nc1cnn(C(C)C)c1)c1c(O)[nH]c2ccc(C(=O)Nc3cnn(C)c3)cc12. The molecule has 9 heteroatoms. The molecule has 0 aliphatic carbocycles. The second kappa shape index (κ2) is 8.10. The summed E-state index contributed by atoms with van der Waals surface area (Å²) in [6.45, 7) is 6.07. The van der Waals surface area contributed by atoms with Gasteiger partial charge in [-0.15, -0.1) is 0 Å². The second-order valence-electron chi connectivity index (χ2n) is 7.65. The van der Waals surface area contributed by atoms with Gasteiger partial charge in [0.1, 0.15) is 5.69 Å². The van der Waals surface area contributed by atoms with Crippen molar-refractivity contribution in [2.75, 3.05) is 5.32 Å². The minimum Gasteiger partial charge on any atom is -0.494 e. The molecule has 3 N–H and O–H groups in total. The fourth-order valence-corrected chi connectivity index (χ4v) is 3.44. The normalized spacial score (nSPS) is 12.1. The lowest BCUT2D eigenvalue weighted by Crippen LogP contribution is -2.11. The topological polar surface area (TPSA) is 113 Å². The molecule has 0 atom stereocenters. The van der Waals surface area contributed by atoms with E-state index in [2.05, 4.69) is 20.5 Å². The van der Waals surface area contributed by atoms with Gasteiger partial charge in [0.25, 0.3) is 5.91 Å². The molecule has 0 aliphatic heterocycles. The number of carbonyl (C=O) groups excluding carboxylic acids is 1. The lowest BCUT2D eigenvalue weighted by Gasteiger charge is -2.06. The number of aliphatic imine (C=N–C) groups is 1. The lowest BCUT2D eigenvalue weighted by molar-refractivity contribution is 0.102. The summed E-state index contributed by atoms with van der Waals surface area (Å²) in [6, 6.07) is 5.48. The molecular weight excluding hydrogens is 394 g/mol. The third-order valence-electron chi connectivity index (χ3n) is 5.01. The third-order valence-corrected chi connectivity index (χ3v) is 5.01. The molecule has 4 aromatic rings. The maximum atomic E-state index is 12.7. The van der Waals surface area contributed by atoms with Gasteiger partial charge in [0.15, 0.2) is 5.88 Å². The standard InChI is InChI=1S/C22H25N7O2/c1-5-18(25-16-10-24-29(12-16)13(2)3)20-17-8-14(6-7-19(17)27-22(20)31)21(30)26-15-9-23-28(4)11-15/h6-13,27,31H,5H2,1-4H3,(H,26,30). The first-order chi connectivity index (χ1) is 14.9. The zero-order valence-electron chi connectivity index (χ0n) is 17.9. The number of amides is 1. The van der Waals surface area contributed by atoms with Gasteiger partial charge in [-0.3, -0.25) is 14.2 Å². The highest BCUT2D eigenvalue weighted by atomic mass is 16.3. The van der Waals surface area contributed by atoms with Crippen molar-refractivity contribution in [3.63, 3.8) is 0 Å². The van der Waals surface area contributed by atoms with E-state index in [0.29, 0.717) is 34.6 Å². The first-order valence-electron chi connectivity index (χ1n) is 10.1. The summed E-state index contributed by atoms with van der Waals surface area (Å²) in [5, 5.41) is 22.6. The summed E-state index contributed by atoms with van der Waals surface area (Å²) in [4.78, 5) is 20.4. The van der Waals surface area contributed by atoms with Crippen molar-refractivity contribution in [1.82, 2.24) is 24.5 Å². The number of carbonyl (C=O) groups is 1. The average Bonchev–Trinajstić information content (AvgIpc) is 3.44. The number of anilines is 1. The van der Waals surface area contributed by atoms with Crippen LogP contribution in [0.4, 0.5) is 11.4 Å². The van der Waals surface area contributed by atoms with Crippen LogP contribution in [0.25, 0.3) is 10.9 Å². The Morgan fingerprint density at radius 2 is 2.06 bits per heavy atom. The van der Waals surface area contributed by atoms with Crippen LogP contribution in [0, 0.1) is 0 Å². The van der Waals surface area contributed by atoms with Crippen LogP contribution < -0.4 is 5.32 Å². The molecule has 0 saturated heterocycles. The number of hydrogen-bond acceptors (Lipinski definition) is 5. The molecule has 0 radical (unpaired) electrons.